The minimum Gasteiger partial charge on any atom is -0.490 e. The van der Waals surface area contributed by atoms with E-state index in [0.29, 0.717) is 19.4 Å². The number of fused-ring (bicyclic) bond motifs is 1. The molecule has 0 saturated heterocycles. The van der Waals surface area contributed by atoms with Crippen LogP contribution < -0.4 is 10.1 Å². The molecule has 14 heteroatoms. The van der Waals surface area contributed by atoms with Gasteiger partial charge in [-0.25, -0.2) is 8.42 Å². The number of ether oxygens (including phenoxy) is 2. The summed E-state index contributed by atoms with van der Waals surface area (Å²) in [6.45, 7) is 5.39. The van der Waals surface area contributed by atoms with E-state index in [1.54, 1.807) is 25.1 Å². The average Bonchev–Trinajstić information content (AvgIpc) is 3.01. The maximum absolute atomic E-state index is 14.2. The molecule has 46 heavy (non-hydrogen) atoms. The lowest BCUT2D eigenvalue weighted by Crippen LogP contribution is -2.48. The smallest absolute Gasteiger partial charge is 0.389 e. The fourth-order valence-corrected chi connectivity index (χ4v) is 6.27. The number of carbonyl (C=O) groups excluding carboxylic acids is 2. The third-order valence-corrected chi connectivity index (χ3v) is 9.70. The molecule has 0 radical (unpaired) electrons. The van der Waals surface area contributed by atoms with E-state index in [4.69, 9.17) is 9.47 Å². The lowest BCUT2D eigenvalue weighted by atomic mass is 10.0. The second-order valence-corrected chi connectivity index (χ2v) is 13.8. The fourth-order valence-electron chi connectivity index (χ4n) is 5.07. The van der Waals surface area contributed by atoms with Gasteiger partial charge in [0.1, 0.15) is 5.75 Å². The Balaban J connectivity index is 1.94. The second kappa shape index (κ2) is 16.6. The Morgan fingerprint density at radius 2 is 1.85 bits per heavy atom. The number of nitrogens with one attached hydrogen (secondary N) is 1. The summed E-state index contributed by atoms with van der Waals surface area (Å²) in [5.41, 5.74) is 0.182. The van der Waals surface area contributed by atoms with Crippen LogP contribution in [-0.4, -0.2) is 92.3 Å². The zero-order valence-electron chi connectivity index (χ0n) is 26.6. The van der Waals surface area contributed by atoms with Gasteiger partial charge < -0.3 is 24.8 Å². The van der Waals surface area contributed by atoms with Gasteiger partial charge in [-0.3, -0.25) is 9.59 Å². The van der Waals surface area contributed by atoms with Crippen molar-refractivity contribution < 1.29 is 45.8 Å². The highest BCUT2D eigenvalue weighted by Crippen LogP contribution is 2.29. The monoisotopic (exact) mass is 671 g/mol. The van der Waals surface area contributed by atoms with Gasteiger partial charge in [-0.2, -0.15) is 17.5 Å². The number of rotatable bonds is 9. The average molecular weight is 672 g/mol. The normalized spacial score (nSPS) is 21.2. The Hall–Kier alpha value is -3.20. The highest BCUT2D eigenvalue weighted by Gasteiger charge is 2.33. The van der Waals surface area contributed by atoms with Crippen molar-refractivity contribution in [2.45, 2.75) is 82.2 Å². The summed E-state index contributed by atoms with van der Waals surface area (Å²) in [4.78, 5) is 28.0. The van der Waals surface area contributed by atoms with Crippen molar-refractivity contribution >= 4 is 27.5 Å². The summed E-state index contributed by atoms with van der Waals surface area (Å²) in [6, 6.07) is 11.7. The van der Waals surface area contributed by atoms with Gasteiger partial charge in [-0.15, -0.1) is 0 Å². The van der Waals surface area contributed by atoms with Crippen LogP contribution in [0.4, 0.5) is 18.9 Å². The summed E-state index contributed by atoms with van der Waals surface area (Å²) < 4.78 is 78.1. The zero-order chi connectivity index (χ0) is 34.1. The van der Waals surface area contributed by atoms with Gasteiger partial charge in [-0.05, 0) is 63.4 Å². The van der Waals surface area contributed by atoms with Gasteiger partial charge in [0.15, 0.2) is 0 Å². The summed E-state index contributed by atoms with van der Waals surface area (Å²) >= 11 is 0. The molecule has 0 aliphatic carbocycles. The van der Waals surface area contributed by atoms with Crippen molar-refractivity contribution in [3.05, 3.63) is 54.1 Å². The van der Waals surface area contributed by atoms with Crippen LogP contribution in [0, 0.1) is 5.92 Å². The van der Waals surface area contributed by atoms with Crippen molar-refractivity contribution in [1.29, 1.82) is 0 Å². The van der Waals surface area contributed by atoms with Crippen LogP contribution in [0.25, 0.3) is 0 Å². The second-order valence-electron chi connectivity index (χ2n) is 11.8. The zero-order valence-corrected chi connectivity index (χ0v) is 27.4. The van der Waals surface area contributed by atoms with Gasteiger partial charge in [0.25, 0.3) is 5.91 Å². The molecule has 256 valence electrons. The standard InChI is InChI=1S/C32H44F3N3O7S/c1-22-19-38(23(2)21-39)31(41)27-18-25(36-30(40)15-16-32(33,34)35)13-14-28(27)45-24(3)10-8-9-17-44-29(22)20-37(4)46(42,43)26-11-6-5-7-12-26/h5-7,11-14,18,22-24,29,39H,8-10,15-17,19-21H2,1-4H3,(H,36,40)/t22-,23-,24+,29-/m1/s1. The molecule has 0 fully saturated rings. The number of nitrogens with zero attached hydrogens (tertiary/aromatic N) is 2. The third-order valence-electron chi connectivity index (χ3n) is 7.86. The number of alkyl halides is 3. The number of sulfonamides is 1. The van der Waals surface area contributed by atoms with Gasteiger partial charge in [0, 0.05) is 44.8 Å². The molecular weight excluding hydrogens is 627 g/mol. The summed E-state index contributed by atoms with van der Waals surface area (Å²) in [6.07, 6.45) is -5.46. The van der Waals surface area contributed by atoms with Crippen molar-refractivity contribution in [1.82, 2.24) is 9.21 Å². The highest BCUT2D eigenvalue weighted by molar-refractivity contribution is 7.89. The van der Waals surface area contributed by atoms with Crippen LogP contribution in [0.15, 0.2) is 53.4 Å². The molecule has 2 aromatic carbocycles. The van der Waals surface area contributed by atoms with Crippen LogP contribution in [0.1, 0.15) is 63.2 Å². The SMILES string of the molecule is C[C@@H]1CN([C@H](C)CO)C(=O)c2cc(NC(=O)CCC(F)(F)F)ccc2O[C@@H](C)CCCCO[C@@H]1CN(C)S(=O)(=O)c1ccccc1. The summed E-state index contributed by atoms with van der Waals surface area (Å²) in [7, 11) is -2.35. The molecule has 1 heterocycles. The van der Waals surface area contributed by atoms with E-state index < -0.39 is 58.9 Å². The predicted molar refractivity (Wildman–Crippen MR) is 167 cm³/mol. The Bertz CT molecular complexity index is 1410. The molecule has 0 bridgehead atoms. The van der Waals surface area contributed by atoms with Crippen LogP contribution in [-0.2, 0) is 19.6 Å². The van der Waals surface area contributed by atoms with E-state index in [0.717, 1.165) is 6.42 Å². The quantitative estimate of drug-likeness (QED) is 0.381. The molecule has 2 aromatic rings. The maximum Gasteiger partial charge on any atom is 0.389 e. The van der Waals surface area contributed by atoms with E-state index in [-0.39, 0.29) is 47.7 Å². The number of benzene rings is 2. The number of hydrogen-bond donors (Lipinski definition) is 2. The first-order chi connectivity index (χ1) is 21.6. The lowest BCUT2D eigenvalue weighted by Gasteiger charge is -2.35. The molecular formula is C32H44F3N3O7S. The Morgan fingerprint density at radius 3 is 2.50 bits per heavy atom. The van der Waals surface area contributed by atoms with Crippen LogP contribution >= 0.6 is 0 Å². The van der Waals surface area contributed by atoms with E-state index in [1.807, 2.05) is 13.8 Å². The highest BCUT2D eigenvalue weighted by atomic mass is 32.2. The van der Waals surface area contributed by atoms with Crippen molar-refractivity contribution in [2.75, 3.05) is 38.7 Å². The minimum atomic E-state index is -4.49. The molecule has 2 N–H and O–H groups in total. The Kier molecular flexibility index (Phi) is 13.4. The summed E-state index contributed by atoms with van der Waals surface area (Å²) in [5.74, 6) is -1.57. The number of anilines is 1. The van der Waals surface area contributed by atoms with Gasteiger partial charge in [0.05, 0.1) is 41.7 Å². The number of aliphatic hydroxyl groups excluding tert-OH is 1. The fraction of sp³-hybridized carbons (Fsp3) is 0.562. The largest absolute Gasteiger partial charge is 0.490 e. The first-order valence-corrected chi connectivity index (χ1v) is 16.8. The number of carbonyl (C=O) groups is 2. The number of likely N-dealkylation sites (N-methyl/N-ethyl adjacent to an activating group) is 1. The van der Waals surface area contributed by atoms with E-state index >= 15 is 0 Å². The van der Waals surface area contributed by atoms with Crippen molar-refractivity contribution in [3.63, 3.8) is 0 Å². The minimum absolute atomic E-state index is 0.0120. The first kappa shape index (κ1) is 37.3. The van der Waals surface area contributed by atoms with Crippen LogP contribution in [0.3, 0.4) is 0 Å². The van der Waals surface area contributed by atoms with Crippen LogP contribution in [0.2, 0.25) is 0 Å². The van der Waals surface area contributed by atoms with E-state index in [1.165, 1.54) is 46.6 Å². The third kappa shape index (κ3) is 10.7. The molecule has 1 aliphatic heterocycles. The summed E-state index contributed by atoms with van der Waals surface area (Å²) in [5, 5.41) is 12.5. The molecule has 0 unspecified atom stereocenters. The molecule has 0 spiro atoms. The van der Waals surface area contributed by atoms with Gasteiger partial charge in [0.2, 0.25) is 15.9 Å². The van der Waals surface area contributed by atoms with Gasteiger partial charge >= 0.3 is 6.18 Å². The molecule has 0 saturated carbocycles. The number of halogens is 3. The molecule has 2 amide bonds. The Labute approximate surface area is 268 Å². The number of amides is 2. The van der Waals surface area contributed by atoms with E-state index in [2.05, 4.69) is 5.32 Å². The molecule has 4 atom stereocenters. The topological polar surface area (TPSA) is 125 Å². The van der Waals surface area contributed by atoms with Crippen molar-refractivity contribution in [3.8, 4) is 5.75 Å². The first-order valence-electron chi connectivity index (χ1n) is 15.3. The molecule has 10 nitrogen and oxygen atoms in total. The maximum atomic E-state index is 14.2. The molecule has 1 aliphatic rings. The number of hydrogen-bond acceptors (Lipinski definition) is 7. The van der Waals surface area contributed by atoms with Gasteiger partial charge in [-0.1, -0.05) is 25.1 Å². The molecule has 3 rings (SSSR count). The van der Waals surface area contributed by atoms with E-state index in [9.17, 15) is 36.3 Å². The lowest BCUT2D eigenvalue weighted by molar-refractivity contribution is -0.142. The van der Waals surface area contributed by atoms with Crippen molar-refractivity contribution in [2.24, 2.45) is 5.92 Å². The number of aliphatic hydroxyl groups is 1. The molecule has 0 aromatic heterocycles. The van der Waals surface area contributed by atoms with Crippen LogP contribution in [0.5, 0.6) is 5.75 Å². The predicted octanol–water partition coefficient (Wildman–Crippen LogP) is 5.08. The Morgan fingerprint density at radius 1 is 1.15 bits per heavy atom.